The maximum Gasteiger partial charge on any atom is 0.155 e. The molecule has 1 aliphatic carbocycles. The molecule has 1 aromatic carbocycles. The summed E-state index contributed by atoms with van der Waals surface area (Å²) in [5, 5.41) is 8.26. The Bertz CT molecular complexity index is 774. The summed E-state index contributed by atoms with van der Waals surface area (Å²) in [5.74, 6) is -0.925. The standard InChI is InChI=1S/C20H25F2N3O/c1-3-4-5-14(10-15(12(2)23)20(25)13-6-7-13)26-11-16-17(21)8-9-18(24)19(16)22/h4-5,8-10,13,25H,3,6-7,11,23-24H2,1-2H3/b5-4+,14-10+,15-12-,25-20?. The fourth-order valence-corrected chi connectivity index (χ4v) is 2.41. The number of rotatable bonds is 8. The number of hydrogen-bond acceptors (Lipinski definition) is 4. The van der Waals surface area contributed by atoms with Crippen LogP contribution in [-0.2, 0) is 11.3 Å². The molecule has 1 aliphatic rings. The maximum atomic E-state index is 14.1. The van der Waals surface area contributed by atoms with E-state index in [1.807, 2.05) is 13.0 Å². The minimum atomic E-state index is -0.819. The first-order chi connectivity index (χ1) is 12.3. The second kappa shape index (κ2) is 8.65. The number of allylic oxidation sites excluding steroid dienone is 5. The second-order valence-electron chi connectivity index (χ2n) is 6.36. The summed E-state index contributed by atoms with van der Waals surface area (Å²) in [5.41, 5.74) is 12.6. The molecule has 0 radical (unpaired) electrons. The van der Waals surface area contributed by atoms with Crippen molar-refractivity contribution in [3.8, 4) is 0 Å². The Morgan fingerprint density at radius 2 is 2.04 bits per heavy atom. The Morgan fingerprint density at radius 1 is 1.35 bits per heavy atom. The Hall–Kier alpha value is -2.63. The molecule has 5 N–H and O–H groups in total. The van der Waals surface area contributed by atoms with E-state index in [2.05, 4.69) is 0 Å². The predicted molar refractivity (Wildman–Crippen MR) is 100 cm³/mol. The molecule has 4 nitrogen and oxygen atoms in total. The summed E-state index contributed by atoms with van der Waals surface area (Å²) in [6, 6.07) is 2.29. The normalized spacial score (nSPS) is 15.9. The SMILES string of the molecule is CC/C=C/C(=C\C(C(=N)C1CC1)=C(/C)N)OCc1c(F)ccc(N)c1F. The van der Waals surface area contributed by atoms with Gasteiger partial charge in [0.2, 0.25) is 0 Å². The second-order valence-corrected chi connectivity index (χ2v) is 6.36. The van der Waals surface area contributed by atoms with Crippen molar-refractivity contribution in [3.63, 3.8) is 0 Å². The molecule has 1 saturated carbocycles. The first-order valence-corrected chi connectivity index (χ1v) is 8.63. The van der Waals surface area contributed by atoms with Crippen molar-refractivity contribution >= 4 is 11.4 Å². The van der Waals surface area contributed by atoms with Crippen molar-refractivity contribution in [1.82, 2.24) is 0 Å². The third kappa shape index (κ3) is 4.94. The van der Waals surface area contributed by atoms with Crippen LogP contribution in [0.4, 0.5) is 14.5 Å². The van der Waals surface area contributed by atoms with Gasteiger partial charge >= 0.3 is 0 Å². The zero-order chi connectivity index (χ0) is 19.3. The minimum absolute atomic E-state index is 0.131. The number of anilines is 1. The largest absolute Gasteiger partial charge is 0.489 e. The lowest BCUT2D eigenvalue weighted by Gasteiger charge is -2.12. The fourth-order valence-electron chi connectivity index (χ4n) is 2.41. The summed E-state index contributed by atoms with van der Waals surface area (Å²) in [6.45, 7) is 3.37. The lowest BCUT2D eigenvalue weighted by atomic mass is 10.0. The fraction of sp³-hybridized carbons (Fsp3) is 0.350. The van der Waals surface area contributed by atoms with Gasteiger partial charge < -0.3 is 21.6 Å². The molecular weight excluding hydrogens is 336 g/mol. The third-order valence-electron chi connectivity index (χ3n) is 4.10. The summed E-state index contributed by atoms with van der Waals surface area (Å²) in [6.07, 6.45) is 7.95. The molecule has 0 heterocycles. The smallest absolute Gasteiger partial charge is 0.155 e. The van der Waals surface area contributed by atoms with Crippen molar-refractivity contribution < 1.29 is 13.5 Å². The van der Waals surface area contributed by atoms with E-state index < -0.39 is 11.6 Å². The maximum absolute atomic E-state index is 14.1. The van der Waals surface area contributed by atoms with E-state index >= 15 is 0 Å². The van der Waals surface area contributed by atoms with Gasteiger partial charge in [0.05, 0.1) is 11.3 Å². The number of halogens is 2. The zero-order valence-electron chi connectivity index (χ0n) is 15.1. The van der Waals surface area contributed by atoms with Crippen molar-refractivity contribution in [2.75, 3.05) is 5.73 Å². The highest BCUT2D eigenvalue weighted by atomic mass is 19.1. The number of benzene rings is 1. The minimum Gasteiger partial charge on any atom is -0.489 e. The molecule has 26 heavy (non-hydrogen) atoms. The van der Waals surface area contributed by atoms with E-state index in [4.69, 9.17) is 21.6 Å². The zero-order valence-corrected chi connectivity index (χ0v) is 15.1. The Kier molecular flexibility index (Phi) is 6.55. The van der Waals surface area contributed by atoms with Crippen LogP contribution in [0.1, 0.15) is 38.7 Å². The Balaban J connectivity index is 2.27. The van der Waals surface area contributed by atoms with Crippen LogP contribution in [0.3, 0.4) is 0 Å². The molecular formula is C20H25F2N3O. The Labute approximate surface area is 152 Å². The van der Waals surface area contributed by atoms with E-state index in [1.165, 1.54) is 6.07 Å². The molecule has 1 aromatic rings. The van der Waals surface area contributed by atoms with Crippen molar-refractivity contribution in [3.05, 3.63) is 64.6 Å². The van der Waals surface area contributed by atoms with Crippen LogP contribution in [0.15, 0.2) is 47.4 Å². The van der Waals surface area contributed by atoms with Gasteiger partial charge in [-0.05, 0) is 50.5 Å². The molecule has 0 aliphatic heterocycles. The van der Waals surface area contributed by atoms with E-state index in [0.717, 1.165) is 25.3 Å². The highest BCUT2D eigenvalue weighted by molar-refractivity contribution is 6.03. The van der Waals surface area contributed by atoms with Crippen molar-refractivity contribution in [2.45, 2.75) is 39.7 Å². The molecule has 0 unspecified atom stereocenters. The van der Waals surface area contributed by atoms with Gasteiger partial charge in [-0.15, -0.1) is 0 Å². The first-order valence-electron chi connectivity index (χ1n) is 8.63. The van der Waals surface area contributed by atoms with Gasteiger partial charge in [-0.2, -0.15) is 0 Å². The summed E-state index contributed by atoms with van der Waals surface area (Å²) in [4.78, 5) is 0. The van der Waals surface area contributed by atoms with Crippen molar-refractivity contribution in [1.29, 1.82) is 5.41 Å². The van der Waals surface area contributed by atoms with E-state index in [0.29, 0.717) is 22.7 Å². The summed E-state index contributed by atoms with van der Waals surface area (Å²) in [7, 11) is 0. The van der Waals surface area contributed by atoms with Gasteiger partial charge in [0.1, 0.15) is 18.2 Å². The summed E-state index contributed by atoms with van der Waals surface area (Å²) >= 11 is 0. The molecule has 1 fully saturated rings. The molecule has 0 bridgehead atoms. The van der Waals surface area contributed by atoms with Gasteiger partial charge in [-0.3, -0.25) is 0 Å². The van der Waals surface area contributed by atoms with Crippen molar-refractivity contribution in [2.24, 2.45) is 11.7 Å². The van der Waals surface area contributed by atoms with Crippen LogP contribution < -0.4 is 11.5 Å². The van der Waals surface area contributed by atoms with Gasteiger partial charge in [-0.25, -0.2) is 8.78 Å². The number of hydrogen-bond donors (Lipinski definition) is 3. The highest BCUT2D eigenvalue weighted by Crippen LogP contribution is 2.33. The Morgan fingerprint density at radius 3 is 2.62 bits per heavy atom. The monoisotopic (exact) mass is 361 g/mol. The molecule has 0 amide bonds. The number of nitrogen functional groups attached to an aromatic ring is 1. The molecule has 6 heteroatoms. The number of nitrogens with two attached hydrogens (primary N) is 2. The van der Waals surface area contributed by atoms with Crippen LogP contribution in [-0.4, -0.2) is 5.71 Å². The predicted octanol–water partition coefficient (Wildman–Crippen LogP) is 4.58. The van der Waals surface area contributed by atoms with Gasteiger partial charge in [0.25, 0.3) is 0 Å². The highest BCUT2D eigenvalue weighted by Gasteiger charge is 2.28. The number of ether oxygens (including phenoxy) is 1. The van der Waals surface area contributed by atoms with Crippen LogP contribution in [0.25, 0.3) is 0 Å². The van der Waals surface area contributed by atoms with E-state index in [9.17, 15) is 8.78 Å². The lowest BCUT2D eigenvalue weighted by molar-refractivity contribution is 0.203. The third-order valence-corrected chi connectivity index (χ3v) is 4.10. The quantitative estimate of drug-likeness (QED) is 0.274. The molecule has 0 aromatic heterocycles. The van der Waals surface area contributed by atoms with Crippen LogP contribution >= 0.6 is 0 Å². The molecule has 140 valence electrons. The lowest BCUT2D eigenvalue weighted by Crippen LogP contribution is -2.10. The number of nitrogens with one attached hydrogen (secondary N) is 1. The van der Waals surface area contributed by atoms with Crippen LogP contribution in [0, 0.1) is 23.0 Å². The van der Waals surface area contributed by atoms with Gasteiger partial charge in [0.15, 0.2) is 5.82 Å². The average molecular weight is 361 g/mol. The molecule has 0 spiro atoms. The summed E-state index contributed by atoms with van der Waals surface area (Å²) < 4.78 is 33.6. The van der Waals surface area contributed by atoms with Gasteiger partial charge in [0, 0.05) is 22.9 Å². The molecule has 0 atom stereocenters. The van der Waals surface area contributed by atoms with Crippen LogP contribution in [0.5, 0.6) is 0 Å². The first kappa shape index (κ1) is 19.7. The van der Waals surface area contributed by atoms with Crippen LogP contribution in [0.2, 0.25) is 0 Å². The van der Waals surface area contributed by atoms with E-state index in [-0.39, 0.29) is 23.8 Å². The molecule has 0 saturated heterocycles. The van der Waals surface area contributed by atoms with Gasteiger partial charge in [-0.1, -0.05) is 13.0 Å². The topological polar surface area (TPSA) is 85.1 Å². The average Bonchev–Trinajstić information content (AvgIpc) is 3.44. The van der Waals surface area contributed by atoms with E-state index in [1.54, 1.807) is 19.1 Å². The molecule has 2 rings (SSSR count).